The molecule has 1 atom stereocenters. The monoisotopic (exact) mass is 292 g/mol. The van der Waals surface area contributed by atoms with Crippen molar-refractivity contribution in [2.45, 2.75) is 12.4 Å². The van der Waals surface area contributed by atoms with E-state index in [9.17, 15) is 18.0 Å². The van der Waals surface area contributed by atoms with Gasteiger partial charge in [-0.15, -0.1) is 24.9 Å². The Kier molecular flexibility index (Phi) is 4.20. The van der Waals surface area contributed by atoms with Crippen molar-refractivity contribution < 1.29 is 22.7 Å². The van der Waals surface area contributed by atoms with E-state index in [0.29, 0.717) is 11.4 Å². The first-order valence-electron chi connectivity index (χ1n) is 5.42. The van der Waals surface area contributed by atoms with E-state index in [1.807, 2.05) is 0 Å². The van der Waals surface area contributed by atoms with Crippen molar-refractivity contribution in [3.8, 4) is 5.75 Å². The Labute approximate surface area is 111 Å². The summed E-state index contributed by atoms with van der Waals surface area (Å²) in [6.07, 6.45) is -4.71. The predicted molar refractivity (Wildman–Crippen MR) is 66.0 cm³/mol. The molecule has 8 heteroatoms. The fourth-order valence-corrected chi connectivity index (χ4v) is 2.47. The average Bonchev–Trinajstić information content (AvgIpc) is 2.83. The number of halogens is 3. The molecule has 2 rings (SSSR count). The first kappa shape index (κ1) is 14.0. The van der Waals surface area contributed by atoms with E-state index in [0.717, 1.165) is 18.0 Å². The maximum Gasteiger partial charge on any atom is 0.573 e. The molecule has 0 radical (unpaired) electrons. The number of nitrogens with one attached hydrogen (secondary N) is 2. The van der Waals surface area contributed by atoms with Gasteiger partial charge in [0.1, 0.15) is 5.75 Å². The maximum atomic E-state index is 12.0. The fourth-order valence-electron chi connectivity index (χ4n) is 1.53. The predicted octanol–water partition coefficient (Wildman–Crippen LogP) is 2.19. The molecule has 104 valence electrons. The number of anilines is 1. The van der Waals surface area contributed by atoms with Crippen molar-refractivity contribution >= 4 is 23.4 Å². The second kappa shape index (κ2) is 5.70. The van der Waals surface area contributed by atoms with Gasteiger partial charge >= 0.3 is 6.36 Å². The topological polar surface area (TPSA) is 50.4 Å². The van der Waals surface area contributed by atoms with Crippen LogP contribution in [0.5, 0.6) is 5.75 Å². The summed E-state index contributed by atoms with van der Waals surface area (Å²) in [7, 11) is 0. The van der Waals surface area contributed by atoms with Gasteiger partial charge in [0.05, 0.1) is 6.04 Å². The number of amides is 1. The van der Waals surface area contributed by atoms with Crippen LogP contribution in [-0.2, 0) is 4.79 Å². The zero-order valence-electron chi connectivity index (χ0n) is 9.66. The molecule has 1 aliphatic rings. The zero-order valence-corrected chi connectivity index (χ0v) is 10.5. The molecular weight excluding hydrogens is 281 g/mol. The molecule has 1 aliphatic heterocycles. The molecule has 1 aromatic rings. The highest BCUT2D eigenvalue weighted by Crippen LogP contribution is 2.24. The fraction of sp³-hybridized carbons (Fsp3) is 0.364. The van der Waals surface area contributed by atoms with Crippen LogP contribution >= 0.6 is 11.8 Å². The van der Waals surface area contributed by atoms with Gasteiger partial charge in [-0.05, 0) is 24.3 Å². The lowest BCUT2D eigenvalue weighted by Crippen LogP contribution is -2.37. The molecule has 0 saturated carbocycles. The Morgan fingerprint density at radius 3 is 2.58 bits per heavy atom. The van der Waals surface area contributed by atoms with Crippen molar-refractivity contribution in [1.82, 2.24) is 5.32 Å². The van der Waals surface area contributed by atoms with Crippen LogP contribution in [-0.4, -0.2) is 29.9 Å². The standard InChI is InChI=1S/C11H11F3N2O2S/c12-11(13,14)18-8-3-1-7(2-4-8)16-10(17)9-5-19-6-15-9/h1-4,9,15H,5-6H2,(H,16,17). The molecule has 1 amide bonds. The second-order valence-electron chi connectivity index (χ2n) is 3.83. The first-order valence-corrected chi connectivity index (χ1v) is 6.57. The van der Waals surface area contributed by atoms with Crippen LogP contribution in [0.3, 0.4) is 0 Å². The molecule has 0 bridgehead atoms. The van der Waals surface area contributed by atoms with Crippen molar-refractivity contribution in [2.75, 3.05) is 16.9 Å². The number of carbonyl (C=O) groups excluding carboxylic acids is 1. The third kappa shape index (κ3) is 4.32. The number of hydrogen-bond donors (Lipinski definition) is 2. The third-order valence-corrected chi connectivity index (χ3v) is 3.33. The molecule has 0 aromatic heterocycles. The SMILES string of the molecule is O=C(Nc1ccc(OC(F)(F)F)cc1)C1CSCN1. The lowest BCUT2D eigenvalue weighted by molar-refractivity contribution is -0.274. The van der Waals surface area contributed by atoms with Crippen molar-refractivity contribution in [2.24, 2.45) is 0 Å². The van der Waals surface area contributed by atoms with Gasteiger partial charge in [0.2, 0.25) is 5.91 Å². The van der Waals surface area contributed by atoms with E-state index in [2.05, 4.69) is 15.4 Å². The van der Waals surface area contributed by atoms with Crippen LogP contribution in [0, 0.1) is 0 Å². The van der Waals surface area contributed by atoms with Crippen molar-refractivity contribution in [3.63, 3.8) is 0 Å². The summed E-state index contributed by atoms with van der Waals surface area (Å²) in [6.45, 7) is 0. The Hall–Kier alpha value is -1.41. The van der Waals surface area contributed by atoms with Gasteiger partial charge < -0.3 is 10.1 Å². The molecule has 1 unspecified atom stereocenters. The van der Waals surface area contributed by atoms with Crippen LogP contribution in [0.25, 0.3) is 0 Å². The van der Waals surface area contributed by atoms with E-state index in [4.69, 9.17) is 0 Å². The summed E-state index contributed by atoms with van der Waals surface area (Å²) >= 11 is 1.61. The first-order chi connectivity index (χ1) is 8.94. The summed E-state index contributed by atoms with van der Waals surface area (Å²) in [5, 5.41) is 5.62. The van der Waals surface area contributed by atoms with Gasteiger partial charge in [0, 0.05) is 17.3 Å². The molecule has 1 fully saturated rings. The summed E-state index contributed by atoms with van der Waals surface area (Å²) in [4.78, 5) is 11.7. The Morgan fingerprint density at radius 2 is 2.05 bits per heavy atom. The largest absolute Gasteiger partial charge is 0.573 e. The van der Waals surface area contributed by atoms with E-state index in [1.165, 1.54) is 12.1 Å². The van der Waals surface area contributed by atoms with Gasteiger partial charge in [0.15, 0.2) is 0 Å². The van der Waals surface area contributed by atoms with Crippen LogP contribution < -0.4 is 15.4 Å². The smallest absolute Gasteiger partial charge is 0.406 e. The highest BCUT2D eigenvalue weighted by atomic mass is 32.2. The molecule has 1 aromatic carbocycles. The quantitative estimate of drug-likeness (QED) is 0.896. The Bertz CT molecular complexity index is 444. The molecule has 0 aliphatic carbocycles. The molecule has 19 heavy (non-hydrogen) atoms. The van der Waals surface area contributed by atoms with Crippen LogP contribution in [0.15, 0.2) is 24.3 Å². The number of ether oxygens (including phenoxy) is 1. The summed E-state index contributed by atoms with van der Waals surface area (Å²) in [6, 6.07) is 4.76. The lowest BCUT2D eigenvalue weighted by atomic mass is 10.2. The molecule has 4 nitrogen and oxygen atoms in total. The number of carbonyl (C=O) groups is 1. The van der Waals surface area contributed by atoms with Crippen molar-refractivity contribution in [3.05, 3.63) is 24.3 Å². The summed E-state index contributed by atoms with van der Waals surface area (Å²) in [5.74, 6) is 0.881. The summed E-state index contributed by atoms with van der Waals surface area (Å²) < 4.78 is 39.6. The number of benzene rings is 1. The summed E-state index contributed by atoms with van der Waals surface area (Å²) in [5.41, 5.74) is 0.429. The number of hydrogen-bond acceptors (Lipinski definition) is 4. The Balaban J connectivity index is 1.93. The van der Waals surface area contributed by atoms with Crippen LogP contribution in [0.4, 0.5) is 18.9 Å². The molecule has 1 heterocycles. The maximum absolute atomic E-state index is 12.0. The van der Waals surface area contributed by atoms with Gasteiger partial charge in [-0.2, -0.15) is 0 Å². The van der Waals surface area contributed by atoms with Gasteiger partial charge in [0.25, 0.3) is 0 Å². The number of thioether (sulfide) groups is 1. The van der Waals surface area contributed by atoms with E-state index >= 15 is 0 Å². The van der Waals surface area contributed by atoms with Gasteiger partial charge in [-0.1, -0.05) is 0 Å². The molecule has 1 saturated heterocycles. The highest BCUT2D eigenvalue weighted by Gasteiger charge is 2.31. The van der Waals surface area contributed by atoms with E-state index in [-0.39, 0.29) is 17.7 Å². The van der Waals surface area contributed by atoms with Crippen molar-refractivity contribution in [1.29, 1.82) is 0 Å². The molecule has 0 spiro atoms. The molecular formula is C11H11F3N2O2S. The van der Waals surface area contributed by atoms with E-state index in [1.54, 1.807) is 11.8 Å². The lowest BCUT2D eigenvalue weighted by Gasteiger charge is -2.12. The number of rotatable bonds is 3. The molecule has 2 N–H and O–H groups in total. The van der Waals surface area contributed by atoms with E-state index < -0.39 is 6.36 Å². The van der Waals surface area contributed by atoms with Crippen LogP contribution in [0.1, 0.15) is 0 Å². The second-order valence-corrected chi connectivity index (χ2v) is 4.86. The third-order valence-electron chi connectivity index (χ3n) is 2.39. The average molecular weight is 292 g/mol. The normalized spacial score (nSPS) is 19.2. The van der Waals surface area contributed by atoms with Gasteiger partial charge in [-0.25, -0.2) is 0 Å². The number of alkyl halides is 3. The minimum Gasteiger partial charge on any atom is -0.406 e. The minimum absolute atomic E-state index is 0.200. The minimum atomic E-state index is -4.71. The highest BCUT2D eigenvalue weighted by molar-refractivity contribution is 7.99. The van der Waals surface area contributed by atoms with Gasteiger partial charge in [-0.3, -0.25) is 10.1 Å². The zero-order chi connectivity index (χ0) is 13.9. The van der Waals surface area contributed by atoms with Crippen LogP contribution in [0.2, 0.25) is 0 Å². The Morgan fingerprint density at radius 1 is 1.37 bits per heavy atom.